The average molecular weight is 465 g/mol. The maximum absolute atomic E-state index is 6.20. The summed E-state index contributed by atoms with van der Waals surface area (Å²) >= 11 is 6.20. The highest BCUT2D eigenvalue weighted by Crippen LogP contribution is 2.38. The van der Waals surface area contributed by atoms with E-state index in [1.807, 2.05) is 42.5 Å². The van der Waals surface area contributed by atoms with Gasteiger partial charge >= 0.3 is 0 Å². The summed E-state index contributed by atoms with van der Waals surface area (Å²) in [4.78, 5) is 4.11. The standard InChI is InChI=1S/C23H25ClN2O4.ClH/c1-27-21-9-17(10-22(28-2)23(21)29-3)13-26-14-18-11-19(24)6-7-20(18)30-15-16-5-4-8-25-12-16;/h4-12,26H,13-15H2,1-3H3;1H. The van der Waals surface area contributed by atoms with Gasteiger partial charge < -0.3 is 24.3 Å². The second-order valence-electron chi connectivity index (χ2n) is 6.54. The number of pyridine rings is 1. The number of methoxy groups -OCH3 is 3. The lowest BCUT2D eigenvalue weighted by Gasteiger charge is -2.15. The number of hydrogen-bond acceptors (Lipinski definition) is 6. The molecule has 3 rings (SSSR count). The molecule has 1 N–H and O–H groups in total. The lowest BCUT2D eigenvalue weighted by atomic mass is 10.1. The molecule has 0 atom stereocenters. The third-order valence-corrected chi connectivity index (χ3v) is 4.74. The van der Waals surface area contributed by atoms with E-state index in [0.29, 0.717) is 42.0 Å². The van der Waals surface area contributed by atoms with Gasteiger partial charge in [-0.05, 0) is 42.0 Å². The van der Waals surface area contributed by atoms with Crippen LogP contribution in [-0.2, 0) is 19.7 Å². The fourth-order valence-electron chi connectivity index (χ4n) is 3.05. The molecule has 0 saturated heterocycles. The molecule has 0 unspecified atom stereocenters. The third-order valence-electron chi connectivity index (χ3n) is 4.51. The zero-order valence-electron chi connectivity index (χ0n) is 17.7. The average Bonchev–Trinajstić information content (AvgIpc) is 2.78. The van der Waals surface area contributed by atoms with Crippen molar-refractivity contribution in [2.45, 2.75) is 19.7 Å². The van der Waals surface area contributed by atoms with E-state index in [1.165, 1.54) is 0 Å². The van der Waals surface area contributed by atoms with E-state index in [9.17, 15) is 0 Å². The zero-order chi connectivity index (χ0) is 21.3. The van der Waals surface area contributed by atoms with E-state index in [-0.39, 0.29) is 12.4 Å². The Balaban J connectivity index is 0.00000341. The molecule has 6 nitrogen and oxygen atoms in total. The van der Waals surface area contributed by atoms with Crippen LogP contribution in [0.25, 0.3) is 0 Å². The normalized spacial score (nSPS) is 10.2. The van der Waals surface area contributed by atoms with Gasteiger partial charge in [0.25, 0.3) is 0 Å². The maximum Gasteiger partial charge on any atom is 0.203 e. The van der Waals surface area contributed by atoms with E-state index in [4.69, 9.17) is 30.5 Å². The van der Waals surface area contributed by atoms with Crippen molar-refractivity contribution in [2.75, 3.05) is 21.3 Å². The highest BCUT2D eigenvalue weighted by Gasteiger charge is 2.13. The molecule has 31 heavy (non-hydrogen) atoms. The van der Waals surface area contributed by atoms with Crippen LogP contribution in [0.3, 0.4) is 0 Å². The molecule has 8 heteroatoms. The van der Waals surface area contributed by atoms with Gasteiger partial charge in [0.2, 0.25) is 5.75 Å². The van der Waals surface area contributed by atoms with Crippen LogP contribution in [0.5, 0.6) is 23.0 Å². The fourth-order valence-corrected chi connectivity index (χ4v) is 3.25. The zero-order valence-corrected chi connectivity index (χ0v) is 19.3. The van der Waals surface area contributed by atoms with Crippen LogP contribution in [0.2, 0.25) is 5.02 Å². The van der Waals surface area contributed by atoms with Crippen LogP contribution in [0.15, 0.2) is 54.9 Å². The van der Waals surface area contributed by atoms with Gasteiger partial charge in [-0.25, -0.2) is 0 Å². The van der Waals surface area contributed by atoms with Gasteiger partial charge in [-0.15, -0.1) is 12.4 Å². The first-order chi connectivity index (χ1) is 14.6. The number of nitrogens with zero attached hydrogens (tertiary/aromatic N) is 1. The highest BCUT2D eigenvalue weighted by atomic mass is 35.5. The molecule has 0 fully saturated rings. The van der Waals surface area contributed by atoms with Crippen molar-refractivity contribution in [1.29, 1.82) is 0 Å². The van der Waals surface area contributed by atoms with Crippen LogP contribution >= 0.6 is 24.0 Å². The first-order valence-corrected chi connectivity index (χ1v) is 9.82. The number of rotatable bonds is 10. The predicted octanol–water partition coefficient (Wildman–Crippen LogP) is 5.05. The molecule has 166 valence electrons. The SMILES string of the molecule is COc1cc(CNCc2cc(Cl)ccc2OCc2cccnc2)cc(OC)c1OC.Cl. The summed E-state index contributed by atoms with van der Waals surface area (Å²) < 4.78 is 22.2. The molecular weight excluding hydrogens is 439 g/mol. The number of nitrogens with one attached hydrogen (secondary N) is 1. The van der Waals surface area contributed by atoms with Crippen molar-refractivity contribution in [3.63, 3.8) is 0 Å². The molecule has 0 amide bonds. The Bertz CT molecular complexity index is 946. The van der Waals surface area contributed by atoms with E-state index >= 15 is 0 Å². The summed E-state index contributed by atoms with van der Waals surface area (Å²) in [5.74, 6) is 2.60. The van der Waals surface area contributed by atoms with Crippen LogP contribution in [0, 0.1) is 0 Å². The molecule has 0 spiro atoms. The molecule has 0 aliphatic rings. The first-order valence-electron chi connectivity index (χ1n) is 9.44. The van der Waals surface area contributed by atoms with Gasteiger partial charge in [-0.1, -0.05) is 17.7 Å². The van der Waals surface area contributed by atoms with Gasteiger partial charge in [-0.2, -0.15) is 0 Å². The van der Waals surface area contributed by atoms with E-state index < -0.39 is 0 Å². The molecule has 0 aliphatic heterocycles. The Morgan fingerprint density at radius 3 is 2.23 bits per heavy atom. The molecule has 1 heterocycles. The topological polar surface area (TPSA) is 61.8 Å². The van der Waals surface area contributed by atoms with Gasteiger partial charge in [-0.3, -0.25) is 4.98 Å². The van der Waals surface area contributed by atoms with Gasteiger partial charge in [0, 0.05) is 41.6 Å². The summed E-state index contributed by atoms with van der Waals surface area (Å²) in [6, 6.07) is 13.3. The minimum absolute atomic E-state index is 0. The first kappa shape index (κ1) is 24.6. The molecule has 0 radical (unpaired) electrons. The Morgan fingerprint density at radius 1 is 0.871 bits per heavy atom. The minimum Gasteiger partial charge on any atom is -0.493 e. The molecule has 0 aliphatic carbocycles. The number of benzene rings is 2. The number of hydrogen-bond donors (Lipinski definition) is 1. The molecule has 1 aromatic heterocycles. The largest absolute Gasteiger partial charge is 0.493 e. The monoisotopic (exact) mass is 464 g/mol. The van der Waals surface area contributed by atoms with E-state index in [1.54, 1.807) is 33.7 Å². The maximum atomic E-state index is 6.20. The summed E-state index contributed by atoms with van der Waals surface area (Å²) in [7, 11) is 4.79. The van der Waals surface area contributed by atoms with Gasteiger partial charge in [0.1, 0.15) is 12.4 Å². The lowest BCUT2D eigenvalue weighted by Crippen LogP contribution is -2.14. The van der Waals surface area contributed by atoms with Crippen molar-refractivity contribution < 1.29 is 18.9 Å². The number of aromatic nitrogens is 1. The van der Waals surface area contributed by atoms with Crippen molar-refractivity contribution in [1.82, 2.24) is 10.3 Å². The second kappa shape index (κ2) is 12.2. The van der Waals surface area contributed by atoms with Crippen LogP contribution in [-0.4, -0.2) is 26.3 Å². The Morgan fingerprint density at radius 2 is 1.61 bits per heavy atom. The van der Waals surface area contributed by atoms with Gasteiger partial charge in [0.05, 0.1) is 21.3 Å². The fraction of sp³-hybridized carbons (Fsp3) is 0.261. The van der Waals surface area contributed by atoms with Crippen LogP contribution in [0.1, 0.15) is 16.7 Å². The quantitative estimate of drug-likeness (QED) is 0.452. The summed E-state index contributed by atoms with van der Waals surface area (Å²) in [5, 5.41) is 4.08. The molecule has 2 aromatic carbocycles. The Labute approximate surface area is 193 Å². The predicted molar refractivity (Wildman–Crippen MR) is 124 cm³/mol. The molecule has 0 saturated carbocycles. The van der Waals surface area contributed by atoms with Crippen LogP contribution in [0.4, 0.5) is 0 Å². The highest BCUT2D eigenvalue weighted by molar-refractivity contribution is 6.30. The van der Waals surface area contributed by atoms with Crippen molar-refractivity contribution in [3.8, 4) is 23.0 Å². The Hall–Kier alpha value is -2.67. The van der Waals surface area contributed by atoms with Crippen molar-refractivity contribution >= 4 is 24.0 Å². The summed E-state index contributed by atoms with van der Waals surface area (Å²) in [6.07, 6.45) is 3.53. The summed E-state index contributed by atoms with van der Waals surface area (Å²) in [6.45, 7) is 1.63. The van der Waals surface area contributed by atoms with Crippen LogP contribution < -0.4 is 24.3 Å². The molecule has 3 aromatic rings. The molecular formula is C23H26Cl2N2O4. The van der Waals surface area contributed by atoms with Crippen molar-refractivity contribution in [3.05, 3.63) is 76.6 Å². The van der Waals surface area contributed by atoms with Gasteiger partial charge in [0.15, 0.2) is 11.5 Å². The van der Waals surface area contributed by atoms with E-state index in [0.717, 1.165) is 22.4 Å². The molecule has 0 bridgehead atoms. The number of ether oxygens (including phenoxy) is 4. The number of halogens is 2. The van der Waals surface area contributed by atoms with Crippen molar-refractivity contribution in [2.24, 2.45) is 0 Å². The Kier molecular flexibility index (Phi) is 9.72. The second-order valence-corrected chi connectivity index (χ2v) is 6.98. The summed E-state index contributed by atoms with van der Waals surface area (Å²) in [5.41, 5.74) is 2.98. The smallest absolute Gasteiger partial charge is 0.203 e. The minimum atomic E-state index is 0. The lowest BCUT2D eigenvalue weighted by molar-refractivity contribution is 0.301. The van der Waals surface area contributed by atoms with E-state index in [2.05, 4.69) is 10.3 Å². The third kappa shape index (κ3) is 6.66.